The number of likely N-dealkylation sites (tertiary alicyclic amines) is 1. The van der Waals surface area contributed by atoms with Crippen LogP contribution < -0.4 is 5.32 Å². The number of carboxylic acids is 1. The first-order valence-corrected chi connectivity index (χ1v) is 7.80. The Hall–Kier alpha value is -2.37. The molecule has 2 rings (SSSR count). The Morgan fingerprint density at radius 1 is 1.26 bits per heavy atom. The Labute approximate surface area is 135 Å². The van der Waals surface area contributed by atoms with Gasteiger partial charge < -0.3 is 15.3 Å². The van der Waals surface area contributed by atoms with E-state index in [0.717, 1.165) is 5.56 Å². The van der Waals surface area contributed by atoms with Crippen molar-refractivity contribution in [3.63, 3.8) is 0 Å². The van der Waals surface area contributed by atoms with Crippen molar-refractivity contribution >= 4 is 17.8 Å². The van der Waals surface area contributed by atoms with Crippen LogP contribution in [-0.2, 0) is 16.1 Å². The summed E-state index contributed by atoms with van der Waals surface area (Å²) >= 11 is 0. The lowest BCUT2D eigenvalue weighted by atomic mass is 10.1. The highest BCUT2D eigenvalue weighted by atomic mass is 16.4. The van der Waals surface area contributed by atoms with Crippen LogP contribution in [0.3, 0.4) is 0 Å². The van der Waals surface area contributed by atoms with Crippen molar-refractivity contribution in [2.75, 3.05) is 6.54 Å². The summed E-state index contributed by atoms with van der Waals surface area (Å²) in [5.74, 6) is -1.30. The summed E-state index contributed by atoms with van der Waals surface area (Å²) in [5.41, 5.74) is 1.36. The minimum absolute atomic E-state index is 0.0217. The van der Waals surface area contributed by atoms with Crippen LogP contribution in [0.15, 0.2) is 24.3 Å². The third kappa shape index (κ3) is 4.09. The van der Waals surface area contributed by atoms with Gasteiger partial charge in [-0.15, -0.1) is 0 Å². The van der Waals surface area contributed by atoms with E-state index < -0.39 is 12.0 Å². The van der Waals surface area contributed by atoms with Gasteiger partial charge in [0.2, 0.25) is 5.91 Å². The van der Waals surface area contributed by atoms with Crippen LogP contribution in [0.1, 0.15) is 42.6 Å². The molecule has 1 heterocycles. The third-order valence-corrected chi connectivity index (χ3v) is 3.99. The zero-order chi connectivity index (χ0) is 17.0. The second kappa shape index (κ2) is 7.26. The van der Waals surface area contributed by atoms with Crippen LogP contribution in [0.5, 0.6) is 0 Å². The Bertz CT molecular complexity index is 595. The van der Waals surface area contributed by atoms with E-state index in [1.807, 2.05) is 13.8 Å². The van der Waals surface area contributed by atoms with E-state index in [2.05, 4.69) is 5.32 Å². The van der Waals surface area contributed by atoms with Gasteiger partial charge >= 0.3 is 5.97 Å². The van der Waals surface area contributed by atoms with Crippen molar-refractivity contribution in [1.29, 1.82) is 0 Å². The number of nitrogens with zero attached hydrogens (tertiary/aromatic N) is 1. The highest BCUT2D eigenvalue weighted by Gasteiger charge is 2.34. The van der Waals surface area contributed by atoms with Gasteiger partial charge in [-0.05, 0) is 30.5 Å². The fourth-order valence-corrected chi connectivity index (χ4v) is 2.59. The number of nitrogens with one attached hydrogen (secondary N) is 1. The molecule has 6 nitrogen and oxygen atoms in total. The van der Waals surface area contributed by atoms with E-state index in [-0.39, 0.29) is 17.7 Å². The average molecular weight is 318 g/mol. The standard InChI is InChI=1S/C17H22N2O4/c1-11(2)15(20)18-10-12-5-7-13(8-6-12)16(21)19-9-3-4-14(19)17(22)23/h5-8,11,14H,3-4,9-10H2,1-2H3,(H,18,20)(H,22,23). The lowest BCUT2D eigenvalue weighted by molar-refractivity contribution is -0.141. The summed E-state index contributed by atoms with van der Waals surface area (Å²) in [6, 6.07) is 6.18. The normalized spacial score (nSPS) is 17.3. The van der Waals surface area contributed by atoms with Crippen LogP contribution in [0, 0.1) is 5.92 Å². The molecule has 1 saturated heterocycles. The first kappa shape index (κ1) is 17.0. The van der Waals surface area contributed by atoms with Crippen molar-refractivity contribution in [3.8, 4) is 0 Å². The molecule has 1 fully saturated rings. The molecule has 6 heteroatoms. The number of hydrogen-bond donors (Lipinski definition) is 2. The molecule has 0 spiro atoms. The predicted octanol–water partition coefficient (Wildman–Crippen LogP) is 1.65. The number of hydrogen-bond acceptors (Lipinski definition) is 3. The van der Waals surface area contributed by atoms with E-state index >= 15 is 0 Å². The lowest BCUT2D eigenvalue weighted by Crippen LogP contribution is -2.40. The van der Waals surface area contributed by atoms with E-state index in [0.29, 0.717) is 31.5 Å². The van der Waals surface area contributed by atoms with Gasteiger partial charge in [-0.25, -0.2) is 4.79 Å². The number of carbonyl (C=O) groups excluding carboxylic acids is 2. The van der Waals surface area contributed by atoms with Crippen molar-refractivity contribution in [3.05, 3.63) is 35.4 Å². The van der Waals surface area contributed by atoms with Gasteiger partial charge in [0.25, 0.3) is 5.91 Å². The summed E-state index contributed by atoms with van der Waals surface area (Å²) in [4.78, 5) is 36.5. The van der Waals surface area contributed by atoms with Crippen LogP contribution >= 0.6 is 0 Å². The van der Waals surface area contributed by atoms with Crippen LogP contribution in [0.4, 0.5) is 0 Å². The average Bonchev–Trinajstić information content (AvgIpc) is 3.02. The lowest BCUT2D eigenvalue weighted by Gasteiger charge is -2.21. The molecule has 23 heavy (non-hydrogen) atoms. The Kier molecular flexibility index (Phi) is 5.36. The fraction of sp³-hybridized carbons (Fsp3) is 0.471. The Morgan fingerprint density at radius 2 is 1.91 bits per heavy atom. The largest absolute Gasteiger partial charge is 0.480 e. The third-order valence-electron chi connectivity index (χ3n) is 3.99. The maximum absolute atomic E-state index is 12.4. The molecule has 0 aromatic heterocycles. The molecule has 0 bridgehead atoms. The molecule has 1 aliphatic heterocycles. The molecular formula is C17H22N2O4. The molecule has 1 atom stereocenters. The van der Waals surface area contributed by atoms with Gasteiger partial charge in [0.15, 0.2) is 0 Å². The first-order valence-electron chi connectivity index (χ1n) is 7.80. The number of benzene rings is 1. The second-order valence-electron chi connectivity index (χ2n) is 6.06. The highest BCUT2D eigenvalue weighted by Crippen LogP contribution is 2.20. The zero-order valence-corrected chi connectivity index (χ0v) is 13.4. The van der Waals surface area contributed by atoms with Crippen LogP contribution in [0.25, 0.3) is 0 Å². The number of amides is 2. The van der Waals surface area contributed by atoms with Gasteiger partial charge in [-0.3, -0.25) is 9.59 Å². The van der Waals surface area contributed by atoms with E-state index in [1.165, 1.54) is 4.90 Å². The van der Waals surface area contributed by atoms with Crippen molar-refractivity contribution in [1.82, 2.24) is 10.2 Å². The Morgan fingerprint density at radius 3 is 2.48 bits per heavy atom. The van der Waals surface area contributed by atoms with E-state index in [4.69, 9.17) is 5.11 Å². The van der Waals surface area contributed by atoms with Gasteiger partial charge in [0.1, 0.15) is 6.04 Å². The minimum Gasteiger partial charge on any atom is -0.480 e. The van der Waals surface area contributed by atoms with Crippen LogP contribution in [0.2, 0.25) is 0 Å². The van der Waals surface area contributed by atoms with Gasteiger partial charge in [0.05, 0.1) is 0 Å². The summed E-state index contributed by atoms with van der Waals surface area (Å²) in [6.45, 7) is 4.53. The molecule has 0 aliphatic carbocycles. The van der Waals surface area contributed by atoms with Crippen LogP contribution in [-0.4, -0.2) is 40.4 Å². The molecule has 2 amide bonds. The molecule has 1 aromatic carbocycles. The number of rotatable bonds is 5. The molecule has 1 unspecified atom stereocenters. The summed E-state index contributed by atoms with van der Waals surface area (Å²) in [6.07, 6.45) is 1.21. The molecule has 1 aromatic rings. The van der Waals surface area contributed by atoms with Gasteiger partial charge in [-0.2, -0.15) is 0 Å². The molecule has 1 aliphatic rings. The van der Waals surface area contributed by atoms with Crippen molar-refractivity contribution in [2.24, 2.45) is 5.92 Å². The smallest absolute Gasteiger partial charge is 0.326 e. The Balaban J connectivity index is 2.00. The number of carboxylic acid groups (broad SMARTS) is 1. The first-order chi connectivity index (χ1) is 10.9. The SMILES string of the molecule is CC(C)C(=O)NCc1ccc(C(=O)N2CCCC2C(=O)O)cc1. The summed E-state index contributed by atoms with van der Waals surface area (Å²) < 4.78 is 0. The van der Waals surface area contributed by atoms with Gasteiger partial charge in [0, 0.05) is 24.6 Å². The monoisotopic (exact) mass is 318 g/mol. The zero-order valence-electron chi connectivity index (χ0n) is 13.4. The molecule has 0 radical (unpaired) electrons. The fourth-order valence-electron chi connectivity index (χ4n) is 2.59. The predicted molar refractivity (Wildman–Crippen MR) is 84.8 cm³/mol. The van der Waals surface area contributed by atoms with Crippen molar-refractivity contribution in [2.45, 2.75) is 39.3 Å². The van der Waals surface area contributed by atoms with E-state index in [1.54, 1.807) is 24.3 Å². The number of aliphatic carboxylic acids is 1. The summed E-state index contributed by atoms with van der Waals surface area (Å²) in [5, 5.41) is 12.0. The molecule has 2 N–H and O–H groups in total. The highest BCUT2D eigenvalue weighted by molar-refractivity contribution is 5.97. The molecule has 124 valence electrons. The maximum Gasteiger partial charge on any atom is 0.326 e. The summed E-state index contributed by atoms with van der Waals surface area (Å²) in [7, 11) is 0. The van der Waals surface area contributed by atoms with E-state index in [9.17, 15) is 14.4 Å². The second-order valence-corrected chi connectivity index (χ2v) is 6.06. The maximum atomic E-state index is 12.4. The molecule has 0 saturated carbocycles. The molecular weight excluding hydrogens is 296 g/mol. The topological polar surface area (TPSA) is 86.7 Å². The minimum atomic E-state index is -0.955. The van der Waals surface area contributed by atoms with Gasteiger partial charge in [-0.1, -0.05) is 26.0 Å². The van der Waals surface area contributed by atoms with Crippen molar-refractivity contribution < 1.29 is 19.5 Å². The number of carbonyl (C=O) groups is 3. The quantitative estimate of drug-likeness (QED) is 0.864.